The predicted molar refractivity (Wildman–Crippen MR) is 227 cm³/mol. The van der Waals surface area contributed by atoms with Crippen LogP contribution in [0.5, 0.6) is 0 Å². The summed E-state index contributed by atoms with van der Waals surface area (Å²) in [6.07, 6.45) is 29.3. The summed E-state index contributed by atoms with van der Waals surface area (Å²) in [5, 5.41) is 65.3. The van der Waals surface area contributed by atoms with Crippen molar-refractivity contribution in [1.29, 1.82) is 0 Å². The van der Waals surface area contributed by atoms with Crippen molar-refractivity contribution >= 4 is 5.91 Å². The Hall–Kier alpha value is -0.850. The average Bonchev–Trinajstić information content (AvgIpc) is 3.20. The Kier molecular flexibility index (Phi) is 35.3. The smallest absolute Gasteiger partial charge is 0.220 e. The largest absolute Gasteiger partial charge is 0.394 e. The predicted octanol–water partition coefficient (Wildman–Crippen LogP) is 8.92. The lowest BCUT2D eigenvalue weighted by atomic mass is 9.97. The molecule has 0 spiro atoms. The molecule has 7 N–H and O–H groups in total. The fourth-order valence-electron chi connectivity index (χ4n) is 8.02. The van der Waals surface area contributed by atoms with Gasteiger partial charge in [0.1, 0.15) is 30.5 Å². The molecule has 1 rings (SSSR count). The first-order valence-electron chi connectivity index (χ1n) is 23.8. The third kappa shape index (κ3) is 26.3. The van der Waals surface area contributed by atoms with Crippen LogP contribution in [0.15, 0.2) is 0 Å². The Labute approximate surface area is 343 Å². The van der Waals surface area contributed by atoms with E-state index in [1.54, 1.807) is 0 Å². The molecule has 0 saturated carbocycles. The number of hydrogen-bond acceptors (Lipinski definition) is 9. The van der Waals surface area contributed by atoms with Gasteiger partial charge in [0.15, 0.2) is 6.29 Å². The molecule has 1 amide bonds. The van der Waals surface area contributed by atoms with Crippen LogP contribution >= 0.6 is 0 Å². The maximum absolute atomic E-state index is 13.0. The minimum absolute atomic E-state index is 0.254. The number of aliphatic hydroxyl groups excluding tert-OH is 6. The van der Waals surface area contributed by atoms with Crippen LogP contribution < -0.4 is 5.32 Å². The Morgan fingerprint density at radius 3 is 1.30 bits per heavy atom. The van der Waals surface area contributed by atoms with Crippen molar-refractivity contribution in [3.05, 3.63) is 0 Å². The third-order valence-corrected chi connectivity index (χ3v) is 11.8. The van der Waals surface area contributed by atoms with E-state index in [9.17, 15) is 35.4 Å². The van der Waals surface area contributed by atoms with Crippen LogP contribution in [0.25, 0.3) is 0 Å². The molecule has 334 valence electrons. The Morgan fingerprint density at radius 2 is 0.929 bits per heavy atom. The van der Waals surface area contributed by atoms with Crippen molar-refractivity contribution in [2.24, 2.45) is 0 Å². The molecule has 0 aromatic rings. The van der Waals surface area contributed by atoms with E-state index in [0.29, 0.717) is 6.42 Å². The number of carbonyl (C=O) groups excluding carboxylic acids is 1. The molecule has 10 heteroatoms. The molecule has 1 aliphatic rings. The van der Waals surface area contributed by atoms with Gasteiger partial charge in [-0.15, -0.1) is 0 Å². The summed E-state index contributed by atoms with van der Waals surface area (Å²) >= 11 is 0. The van der Waals surface area contributed by atoms with Crippen LogP contribution in [0.3, 0.4) is 0 Å². The zero-order valence-electron chi connectivity index (χ0n) is 36.3. The highest BCUT2D eigenvalue weighted by Crippen LogP contribution is 2.26. The zero-order valence-corrected chi connectivity index (χ0v) is 36.3. The summed E-state index contributed by atoms with van der Waals surface area (Å²) in [5.74, 6) is -0.254. The standard InChI is InChI=1S/C46H91NO9/c1-3-5-7-9-11-13-15-17-18-19-20-21-22-23-25-27-29-31-33-35-41(51)47-38(36-48)45(56-46-44(54)43(53)42(52)40(37-49)55-46)39(50)34-32-30-28-26-24-16-14-12-10-8-6-4-2/h38-40,42-46,48-50,52-54H,3-37H2,1-2H3,(H,47,51)/t38-,39+,40+,42-,43-,44+,45+,46-/m0/s1. The number of unbranched alkanes of at least 4 members (excludes halogenated alkanes) is 29. The van der Waals surface area contributed by atoms with E-state index in [1.807, 2.05) is 0 Å². The second-order valence-corrected chi connectivity index (χ2v) is 17.0. The maximum atomic E-state index is 13.0. The number of carbonyl (C=O) groups is 1. The molecule has 0 aromatic carbocycles. The van der Waals surface area contributed by atoms with Gasteiger partial charge in [-0.2, -0.15) is 0 Å². The topological polar surface area (TPSA) is 169 Å². The molecular formula is C46H91NO9. The number of amides is 1. The van der Waals surface area contributed by atoms with Crippen molar-refractivity contribution in [3.8, 4) is 0 Å². The van der Waals surface area contributed by atoms with E-state index >= 15 is 0 Å². The van der Waals surface area contributed by atoms with Gasteiger partial charge in [0, 0.05) is 6.42 Å². The van der Waals surface area contributed by atoms with Crippen LogP contribution in [-0.4, -0.2) is 98.7 Å². The van der Waals surface area contributed by atoms with Gasteiger partial charge >= 0.3 is 0 Å². The SMILES string of the molecule is CCCCCCCCCCCCCCCCCCCCCC(=O)N[C@@H](CO)[C@@H](O[C@@H]1O[C@H](CO)[C@H](O)[C@H](O)[C@H]1O)[C@H](O)CCCCCCCCCCCCCC. The zero-order chi connectivity index (χ0) is 41.1. The van der Waals surface area contributed by atoms with Gasteiger partial charge in [0.05, 0.1) is 25.4 Å². The minimum Gasteiger partial charge on any atom is -0.394 e. The van der Waals surface area contributed by atoms with Crippen LogP contribution in [-0.2, 0) is 14.3 Å². The van der Waals surface area contributed by atoms with Crippen molar-refractivity contribution in [2.45, 2.75) is 275 Å². The van der Waals surface area contributed by atoms with Crippen LogP contribution in [0.2, 0.25) is 0 Å². The number of rotatable bonds is 40. The molecular weight excluding hydrogens is 711 g/mol. The van der Waals surface area contributed by atoms with Crippen molar-refractivity contribution in [2.75, 3.05) is 13.2 Å². The summed E-state index contributed by atoms with van der Waals surface area (Å²) in [7, 11) is 0. The van der Waals surface area contributed by atoms with Gasteiger partial charge in [0.25, 0.3) is 0 Å². The second kappa shape index (κ2) is 37.2. The molecule has 0 unspecified atom stereocenters. The fraction of sp³-hybridized carbons (Fsp3) is 0.978. The molecule has 0 radical (unpaired) electrons. The van der Waals surface area contributed by atoms with E-state index in [-0.39, 0.29) is 12.3 Å². The van der Waals surface area contributed by atoms with E-state index in [4.69, 9.17) is 9.47 Å². The molecule has 0 aliphatic carbocycles. The molecule has 56 heavy (non-hydrogen) atoms. The Morgan fingerprint density at radius 1 is 0.554 bits per heavy atom. The third-order valence-electron chi connectivity index (χ3n) is 11.8. The number of ether oxygens (including phenoxy) is 2. The first kappa shape index (κ1) is 53.2. The van der Waals surface area contributed by atoms with Crippen molar-refractivity contribution < 1.29 is 44.9 Å². The van der Waals surface area contributed by atoms with Gasteiger partial charge < -0.3 is 45.4 Å². The second-order valence-electron chi connectivity index (χ2n) is 17.0. The Balaban J connectivity index is 2.39. The van der Waals surface area contributed by atoms with Gasteiger partial charge in [-0.1, -0.05) is 206 Å². The molecule has 1 heterocycles. The van der Waals surface area contributed by atoms with E-state index < -0.39 is 62.2 Å². The number of nitrogens with one attached hydrogen (secondary N) is 1. The number of hydrogen-bond donors (Lipinski definition) is 7. The lowest BCUT2D eigenvalue weighted by Gasteiger charge is -2.42. The molecule has 1 aliphatic heterocycles. The summed E-state index contributed by atoms with van der Waals surface area (Å²) in [4.78, 5) is 13.0. The van der Waals surface area contributed by atoms with Gasteiger partial charge in [-0.05, 0) is 12.8 Å². The van der Waals surface area contributed by atoms with Gasteiger partial charge in [-0.3, -0.25) is 4.79 Å². The van der Waals surface area contributed by atoms with Crippen molar-refractivity contribution in [3.63, 3.8) is 0 Å². The fourth-order valence-corrected chi connectivity index (χ4v) is 8.02. The minimum atomic E-state index is -1.66. The monoisotopic (exact) mass is 802 g/mol. The Bertz CT molecular complexity index is 864. The molecule has 10 nitrogen and oxygen atoms in total. The molecule has 8 atom stereocenters. The van der Waals surface area contributed by atoms with Crippen molar-refractivity contribution in [1.82, 2.24) is 5.32 Å². The van der Waals surface area contributed by atoms with E-state index in [1.165, 1.54) is 154 Å². The molecule has 1 saturated heterocycles. The first-order chi connectivity index (χ1) is 27.3. The average molecular weight is 802 g/mol. The highest BCUT2D eigenvalue weighted by atomic mass is 16.7. The molecule has 0 bridgehead atoms. The first-order valence-corrected chi connectivity index (χ1v) is 23.8. The lowest BCUT2D eigenvalue weighted by Crippen LogP contribution is -2.62. The highest BCUT2D eigenvalue weighted by molar-refractivity contribution is 5.76. The summed E-state index contributed by atoms with van der Waals surface area (Å²) in [6, 6.07) is -0.984. The van der Waals surface area contributed by atoms with Gasteiger partial charge in [-0.25, -0.2) is 0 Å². The normalized spacial score (nSPS) is 21.6. The van der Waals surface area contributed by atoms with Crippen LogP contribution in [0.4, 0.5) is 0 Å². The summed E-state index contributed by atoms with van der Waals surface area (Å²) in [5.41, 5.74) is 0. The van der Waals surface area contributed by atoms with E-state index in [2.05, 4.69) is 19.2 Å². The molecule has 0 aromatic heterocycles. The summed E-state index contributed by atoms with van der Waals surface area (Å²) in [6.45, 7) is 3.38. The van der Waals surface area contributed by atoms with E-state index in [0.717, 1.165) is 44.9 Å². The highest BCUT2D eigenvalue weighted by Gasteiger charge is 2.46. The van der Waals surface area contributed by atoms with Crippen LogP contribution in [0, 0.1) is 0 Å². The molecule has 1 fully saturated rings. The lowest BCUT2D eigenvalue weighted by molar-refractivity contribution is -0.319. The maximum Gasteiger partial charge on any atom is 0.220 e. The quantitative estimate of drug-likeness (QED) is 0.0299. The van der Waals surface area contributed by atoms with Crippen LogP contribution in [0.1, 0.15) is 226 Å². The summed E-state index contributed by atoms with van der Waals surface area (Å²) < 4.78 is 11.6. The van der Waals surface area contributed by atoms with Gasteiger partial charge in [0.2, 0.25) is 5.91 Å². The number of aliphatic hydroxyl groups is 6.